The van der Waals surface area contributed by atoms with Crippen LogP contribution in [0.5, 0.6) is 0 Å². The summed E-state index contributed by atoms with van der Waals surface area (Å²) in [6, 6.07) is 14.3. The second-order valence-electron chi connectivity index (χ2n) is 7.72. The predicted octanol–water partition coefficient (Wildman–Crippen LogP) is 3.50. The number of nitrogens with zero attached hydrogens (tertiary/aromatic N) is 2. The molecule has 0 saturated carbocycles. The monoisotopic (exact) mass is 425 g/mol. The summed E-state index contributed by atoms with van der Waals surface area (Å²) in [7, 11) is 0. The highest BCUT2D eigenvalue weighted by atomic mass is 35.5. The molecule has 0 radical (unpaired) electrons. The number of rotatable bonds is 4. The maximum absolute atomic E-state index is 13.0. The minimum atomic E-state index is -0.0852. The lowest BCUT2D eigenvalue weighted by atomic mass is 10.0. The van der Waals surface area contributed by atoms with Gasteiger partial charge in [0.05, 0.1) is 10.7 Å². The summed E-state index contributed by atoms with van der Waals surface area (Å²) in [4.78, 5) is 40.9. The Balaban J connectivity index is 1.37. The first-order valence-electron chi connectivity index (χ1n) is 10.3. The van der Waals surface area contributed by atoms with Gasteiger partial charge in [-0.25, -0.2) is 0 Å². The highest BCUT2D eigenvalue weighted by Crippen LogP contribution is 2.31. The van der Waals surface area contributed by atoms with Crippen LogP contribution in [0.4, 0.5) is 5.69 Å². The summed E-state index contributed by atoms with van der Waals surface area (Å²) in [6.45, 7) is 1.76. The summed E-state index contributed by atoms with van der Waals surface area (Å²) < 4.78 is 0. The molecule has 4 rings (SSSR count). The fourth-order valence-electron chi connectivity index (χ4n) is 4.02. The van der Waals surface area contributed by atoms with Crippen LogP contribution >= 0.6 is 11.6 Å². The van der Waals surface area contributed by atoms with Crippen molar-refractivity contribution in [1.82, 2.24) is 10.2 Å². The van der Waals surface area contributed by atoms with Crippen molar-refractivity contribution in [3.8, 4) is 0 Å². The lowest BCUT2D eigenvalue weighted by Crippen LogP contribution is -2.46. The molecule has 2 aliphatic heterocycles. The number of anilines is 1. The van der Waals surface area contributed by atoms with Gasteiger partial charge in [-0.2, -0.15) is 0 Å². The first-order valence-corrected chi connectivity index (χ1v) is 10.7. The molecule has 0 aliphatic carbocycles. The van der Waals surface area contributed by atoms with E-state index < -0.39 is 0 Å². The van der Waals surface area contributed by atoms with Crippen molar-refractivity contribution in [2.24, 2.45) is 0 Å². The summed E-state index contributed by atoms with van der Waals surface area (Å²) in [5.74, 6) is -0.123. The zero-order chi connectivity index (χ0) is 21.1. The Hall–Kier alpha value is -2.86. The summed E-state index contributed by atoms with van der Waals surface area (Å²) in [6.07, 6.45) is 2.72. The molecular formula is C23H24ClN3O3. The molecule has 2 saturated heterocycles. The van der Waals surface area contributed by atoms with Crippen LogP contribution < -0.4 is 10.2 Å². The number of hydrogen-bond donors (Lipinski definition) is 1. The van der Waals surface area contributed by atoms with Gasteiger partial charge in [0.25, 0.3) is 11.8 Å². The van der Waals surface area contributed by atoms with Gasteiger partial charge in [-0.05, 0) is 49.6 Å². The molecule has 7 heteroatoms. The van der Waals surface area contributed by atoms with Gasteiger partial charge in [0.15, 0.2) is 0 Å². The number of hydrogen-bond acceptors (Lipinski definition) is 3. The molecule has 1 N–H and O–H groups in total. The van der Waals surface area contributed by atoms with Crippen LogP contribution in [0.25, 0.3) is 0 Å². The van der Waals surface area contributed by atoms with Crippen molar-refractivity contribution >= 4 is 35.0 Å². The highest BCUT2D eigenvalue weighted by Gasteiger charge is 2.27. The standard InChI is InChI=1S/C23H24ClN3O3/c24-19-9-8-17(15-20(19)27-12-4-7-21(27)28)23(30)26-13-10-18(11-14-26)25-22(29)16-5-2-1-3-6-16/h1-3,5-6,8-9,15,18H,4,7,10-14H2,(H,25,29). The molecule has 0 atom stereocenters. The van der Waals surface area contributed by atoms with Crippen molar-refractivity contribution in [1.29, 1.82) is 0 Å². The quantitative estimate of drug-likeness (QED) is 0.815. The minimum absolute atomic E-state index is 0.0384. The third kappa shape index (κ3) is 4.33. The van der Waals surface area contributed by atoms with Gasteiger partial charge in [0.1, 0.15) is 0 Å². The third-order valence-electron chi connectivity index (χ3n) is 5.71. The Bertz CT molecular complexity index is 955. The van der Waals surface area contributed by atoms with Crippen molar-refractivity contribution < 1.29 is 14.4 Å². The molecule has 2 aromatic rings. The Kier molecular flexibility index (Phi) is 6.04. The normalized spacial score (nSPS) is 17.3. The van der Waals surface area contributed by atoms with E-state index in [-0.39, 0.29) is 23.8 Å². The first kappa shape index (κ1) is 20.4. The van der Waals surface area contributed by atoms with Crippen LogP contribution in [0.1, 0.15) is 46.4 Å². The van der Waals surface area contributed by atoms with Gasteiger partial charge in [0.2, 0.25) is 5.91 Å². The van der Waals surface area contributed by atoms with Crippen LogP contribution in [-0.2, 0) is 4.79 Å². The molecule has 2 heterocycles. The number of amides is 3. The van der Waals surface area contributed by atoms with E-state index in [1.54, 1.807) is 40.1 Å². The van der Waals surface area contributed by atoms with E-state index in [0.717, 1.165) is 6.42 Å². The van der Waals surface area contributed by atoms with Crippen molar-refractivity contribution in [2.75, 3.05) is 24.5 Å². The van der Waals surface area contributed by atoms with E-state index in [0.29, 0.717) is 60.7 Å². The van der Waals surface area contributed by atoms with E-state index in [4.69, 9.17) is 11.6 Å². The van der Waals surface area contributed by atoms with Crippen molar-refractivity contribution in [3.63, 3.8) is 0 Å². The van der Waals surface area contributed by atoms with Crippen molar-refractivity contribution in [3.05, 3.63) is 64.7 Å². The van der Waals surface area contributed by atoms with Gasteiger partial charge in [0, 0.05) is 43.2 Å². The number of halogens is 1. The minimum Gasteiger partial charge on any atom is -0.349 e. The largest absolute Gasteiger partial charge is 0.349 e. The Morgan fingerprint density at radius 3 is 2.37 bits per heavy atom. The Morgan fingerprint density at radius 1 is 0.967 bits per heavy atom. The maximum atomic E-state index is 13.0. The molecule has 0 bridgehead atoms. The molecule has 3 amide bonds. The zero-order valence-corrected chi connectivity index (χ0v) is 17.4. The van der Waals surface area contributed by atoms with Gasteiger partial charge in [-0.3, -0.25) is 14.4 Å². The van der Waals surface area contributed by atoms with E-state index in [2.05, 4.69) is 5.32 Å². The number of benzene rings is 2. The molecule has 2 aromatic carbocycles. The summed E-state index contributed by atoms with van der Waals surface area (Å²) >= 11 is 6.29. The number of carbonyl (C=O) groups is 3. The molecule has 0 spiro atoms. The molecular weight excluding hydrogens is 402 g/mol. The molecule has 0 unspecified atom stereocenters. The van der Waals surface area contributed by atoms with Crippen LogP contribution in [0.3, 0.4) is 0 Å². The Morgan fingerprint density at radius 2 is 1.70 bits per heavy atom. The van der Waals surface area contributed by atoms with E-state index in [1.807, 2.05) is 18.2 Å². The SMILES string of the molecule is O=C(NC1CCN(C(=O)c2ccc(Cl)c(N3CCCC3=O)c2)CC1)c1ccccc1. The third-order valence-corrected chi connectivity index (χ3v) is 6.03. The maximum Gasteiger partial charge on any atom is 0.253 e. The Labute approximate surface area is 180 Å². The van der Waals surface area contributed by atoms with Crippen LogP contribution in [-0.4, -0.2) is 48.3 Å². The lowest BCUT2D eigenvalue weighted by molar-refractivity contribution is -0.117. The smallest absolute Gasteiger partial charge is 0.253 e. The summed E-state index contributed by atoms with van der Waals surface area (Å²) in [5.41, 5.74) is 1.78. The van der Waals surface area contributed by atoms with Crippen molar-refractivity contribution in [2.45, 2.75) is 31.7 Å². The van der Waals surface area contributed by atoms with Gasteiger partial charge < -0.3 is 15.1 Å². The number of likely N-dealkylation sites (tertiary alicyclic amines) is 1. The average Bonchev–Trinajstić information content (AvgIpc) is 3.20. The van der Waals surface area contributed by atoms with Gasteiger partial charge >= 0.3 is 0 Å². The van der Waals surface area contributed by atoms with Crippen LogP contribution in [0.2, 0.25) is 5.02 Å². The highest BCUT2D eigenvalue weighted by molar-refractivity contribution is 6.34. The average molecular weight is 426 g/mol. The van der Waals surface area contributed by atoms with Gasteiger partial charge in [-0.15, -0.1) is 0 Å². The van der Waals surface area contributed by atoms with Crippen LogP contribution in [0, 0.1) is 0 Å². The number of nitrogens with one attached hydrogen (secondary N) is 1. The van der Waals surface area contributed by atoms with Crippen LogP contribution in [0.15, 0.2) is 48.5 Å². The van der Waals surface area contributed by atoms with Gasteiger partial charge in [-0.1, -0.05) is 29.8 Å². The summed E-state index contributed by atoms with van der Waals surface area (Å²) in [5, 5.41) is 3.53. The van der Waals surface area contributed by atoms with E-state index in [9.17, 15) is 14.4 Å². The molecule has 2 aliphatic rings. The molecule has 156 valence electrons. The number of carbonyl (C=O) groups excluding carboxylic acids is 3. The second-order valence-corrected chi connectivity index (χ2v) is 8.13. The number of piperidine rings is 1. The first-order chi connectivity index (χ1) is 14.5. The molecule has 6 nitrogen and oxygen atoms in total. The topological polar surface area (TPSA) is 69.7 Å². The fraction of sp³-hybridized carbons (Fsp3) is 0.348. The lowest BCUT2D eigenvalue weighted by Gasteiger charge is -2.32. The van der Waals surface area contributed by atoms with E-state index >= 15 is 0 Å². The molecule has 30 heavy (non-hydrogen) atoms. The van der Waals surface area contributed by atoms with E-state index in [1.165, 1.54) is 0 Å². The zero-order valence-electron chi connectivity index (χ0n) is 16.6. The molecule has 0 aromatic heterocycles. The molecule has 2 fully saturated rings. The second kappa shape index (κ2) is 8.88. The fourth-order valence-corrected chi connectivity index (χ4v) is 4.24. The predicted molar refractivity (Wildman–Crippen MR) is 116 cm³/mol.